The number of nitrogens with one attached hydrogen (secondary N) is 2. The minimum Gasteiger partial charge on any atom is -0.434 e. The topological polar surface area (TPSA) is 49.9 Å². The molecule has 0 unspecified atom stereocenters. The van der Waals surface area contributed by atoms with Crippen molar-refractivity contribution in [1.29, 1.82) is 0 Å². The molecular weight excluding hydrogens is 264 g/mol. The molecule has 0 saturated heterocycles. The van der Waals surface area contributed by atoms with E-state index in [2.05, 4.69) is 20.3 Å². The average Bonchev–Trinajstić information content (AvgIpc) is 2.79. The van der Waals surface area contributed by atoms with Gasteiger partial charge in [-0.25, -0.2) is 0 Å². The molecule has 2 rings (SSSR count). The molecule has 1 aromatic heterocycles. The van der Waals surface area contributed by atoms with Crippen LogP contribution in [0.15, 0.2) is 24.4 Å². The summed E-state index contributed by atoms with van der Waals surface area (Å²) in [6.07, 6.45) is 1.61. The number of aromatic amines is 1. The average molecular weight is 274 g/mol. The van der Waals surface area contributed by atoms with Crippen molar-refractivity contribution >= 4 is 17.3 Å². The maximum Gasteiger partial charge on any atom is 0.387 e. The zero-order valence-corrected chi connectivity index (χ0v) is 10.1. The van der Waals surface area contributed by atoms with E-state index in [1.54, 1.807) is 13.2 Å². The predicted molar refractivity (Wildman–Crippen MR) is 65.2 cm³/mol. The van der Waals surface area contributed by atoms with Gasteiger partial charge in [-0.1, -0.05) is 11.6 Å². The van der Waals surface area contributed by atoms with Gasteiger partial charge >= 0.3 is 6.61 Å². The van der Waals surface area contributed by atoms with E-state index >= 15 is 0 Å². The fourth-order valence-corrected chi connectivity index (χ4v) is 1.74. The van der Waals surface area contributed by atoms with Crippen LogP contribution in [0.4, 0.5) is 14.5 Å². The molecular formula is C11H10ClF2N3O. The van der Waals surface area contributed by atoms with Crippen LogP contribution in [0.5, 0.6) is 5.75 Å². The monoisotopic (exact) mass is 273 g/mol. The zero-order valence-electron chi connectivity index (χ0n) is 9.38. The van der Waals surface area contributed by atoms with Crippen molar-refractivity contribution in [3.05, 3.63) is 29.4 Å². The van der Waals surface area contributed by atoms with Crippen molar-refractivity contribution < 1.29 is 13.5 Å². The van der Waals surface area contributed by atoms with Gasteiger partial charge in [-0.15, -0.1) is 0 Å². The number of H-pyrrole nitrogens is 1. The summed E-state index contributed by atoms with van der Waals surface area (Å²) in [6.45, 7) is -2.90. The van der Waals surface area contributed by atoms with Crippen molar-refractivity contribution in [3.63, 3.8) is 0 Å². The molecule has 1 aromatic carbocycles. The Balaban J connectivity index is 2.51. The van der Waals surface area contributed by atoms with Crippen LogP contribution in [0, 0.1) is 0 Å². The number of halogens is 3. The first-order valence-electron chi connectivity index (χ1n) is 5.08. The van der Waals surface area contributed by atoms with Gasteiger partial charge in [0.15, 0.2) is 0 Å². The zero-order chi connectivity index (χ0) is 13.1. The lowest BCUT2D eigenvalue weighted by molar-refractivity contribution is -0.0494. The highest BCUT2D eigenvalue weighted by molar-refractivity contribution is 6.31. The molecule has 0 aliphatic rings. The van der Waals surface area contributed by atoms with Crippen LogP contribution in [-0.2, 0) is 0 Å². The molecule has 0 atom stereocenters. The maximum absolute atomic E-state index is 12.3. The molecule has 0 saturated carbocycles. The van der Waals surface area contributed by atoms with Crippen LogP contribution in [-0.4, -0.2) is 23.9 Å². The third-order valence-electron chi connectivity index (χ3n) is 2.32. The van der Waals surface area contributed by atoms with E-state index in [4.69, 9.17) is 11.6 Å². The highest BCUT2D eigenvalue weighted by Crippen LogP contribution is 2.35. The van der Waals surface area contributed by atoms with E-state index < -0.39 is 6.61 Å². The lowest BCUT2D eigenvalue weighted by Gasteiger charge is -2.10. The second kappa shape index (κ2) is 5.22. The molecule has 4 nitrogen and oxygen atoms in total. The fourth-order valence-electron chi connectivity index (χ4n) is 1.57. The Morgan fingerprint density at radius 3 is 2.89 bits per heavy atom. The van der Waals surface area contributed by atoms with E-state index in [0.717, 1.165) is 0 Å². The van der Waals surface area contributed by atoms with E-state index in [1.807, 2.05) is 0 Å². The van der Waals surface area contributed by atoms with Crippen LogP contribution in [0.3, 0.4) is 0 Å². The quantitative estimate of drug-likeness (QED) is 0.898. The van der Waals surface area contributed by atoms with Crippen LogP contribution < -0.4 is 10.1 Å². The van der Waals surface area contributed by atoms with Crippen molar-refractivity contribution in [2.45, 2.75) is 6.61 Å². The Kier molecular flexibility index (Phi) is 3.66. The van der Waals surface area contributed by atoms with Crippen molar-refractivity contribution in [2.24, 2.45) is 0 Å². The first kappa shape index (κ1) is 12.6. The number of ether oxygens (including phenoxy) is 1. The van der Waals surface area contributed by atoms with Crippen LogP contribution in [0.25, 0.3) is 11.3 Å². The molecule has 0 aliphatic carbocycles. The number of anilines is 1. The minimum absolute atomic E-state index is 0.0259. The first-order valence-corrected chi connectivity index (χ1v) is 5.46. The van der Waals surface area contributed by atoms with E-state index in [9.17, 15) is 8.78 Å². The molecule has 0 aliphatic heterocycles. The molecule has 2 aromatic rings. The Bertz CT molecular complexity index is 545. The molecule has 1 heterocycles. The summed E-state index contributed by atoms with van der Waals surface area (Å²) in [5, 5.41) is 9.95. The number of aromatic nitrogens is 2. The Labute approximate surface area is 107 Å². The lowest BCUT2D eigenvalue weighted by Crippen LogP contribution is -2.03. The van der Waals surface area contributed by atoms with Crippen LogP contribution in [0.1, 0.15) is 0 Å². The molecule has 18 heavy (non-hydrogen) atoms. The number of nitrogens with zero attached hydrogens (tertiary/aromatic N) is 1. The standard InChI is InChI=1S/C11H10ClF2N3O/c1-15-8-5-16-17-10(8)7-4-6(12)2-3-9(7)18-11(13)14/h2-5,11,15H,1H3,(H,16,17). The number of hydrogen-bond donors (Lipinski definition) is 2. The van der Waals surface area contributed by atoms with Gasteiger partial charge in [-0.3, -0.25) is 5.10 Å². The summed E-state index contributed by atoms with van der Waals surface area (Å²) >= 11 is 5.86. The smallest absolute Gasteiger partial charge is 0.387 e. The van der Waals surface area contributed by atoms with Crippen molar-refractivity contribution in [3.8, 4) is 17.0 Å². The van der Waals surface area contributed by atoms with Gasteiger partial charge in [0.05, 0.1) is 5.69 Å². The SMILES string of the molecule is CNc1c[nH]nc1-c1cc(Cl)ccc1OC(F)F. The third-order valence-corrected chi connectivity index (χ3v) is 2.56. The van der Waals surface area contributed by atoms with Crippen LogP contribution in [0.2, 0.25) is 5.02 Å². The fraction of sp³-hybridized carbons (Fsp3) is 0.182. The molecule has 0 bridgehead atoms. The lowest BCUT2D eigenvalue weighted by atomic mass is 10.1. The normalized spacial score (nSPS) is 10.7. The van der Waals surface area contributed by atoms with Gasteiger partial charge < -0.3 is 10.1 Å². The highest BCUT2D eigenvalue weighted by Gasteiger charge is 2.16. The number of hydrogen-bond acceptors (Lipinski definition) is 3. The predicted octanol–water partition coefficient (Wildman–Crippen LogP) is 3.37. The summed E-state index contributed by atoms with van der Waals surface area (Å²) in [6, 6.07) is 4.39. The molecule has 0 fully saturated rings. The molecule has 0 spiro atoms. The molecule has 0 radical (unpaired) electrons. The molecule has 0 amide bonds. The minimum atomic E-state index is -2.90. The second-order valence-corrected chi connectivity index (χ2v) is 3.85. The summed E-state index contributed by atoms with van der Waals surface area (Å²) in [5.41, 5.74) is 1.53. The largest absolute Gasteiger partial charge is 0.434 e. The van der Waals surface area contributed by atoms with E-state index in [0.29, 0.717) is 22.0 Å². The van der Waals surface area contributed by atoms with Gasteiger partial charge in [0.1, 0.15) is 11.4 Å². The summed E-state index contributed by atoms with van der Waals surface area (Å²) in [7, 11) is 1.70. The van der Waals surface area contributed by atoms with Gasteiger partial charge in [0.25, 0.3) is 0 Å². The van der Waals surface area contributed by atoms with Crippen molar-refractivity contribution in [1.82, 2.24) is 10.2 Å². The summed E-state index contributed by atoms with van der Waals surface area (Å²) < 4.78 is 29.1. The maximum atomic E-state index is 12.3. The second-order valence-electron chi connectivity index (χ2n) is 3.42. The third kappa shape index (κ3) is 2.53. The molecule has 2 N–H and O–H groups in total. The Morgan fingerprint density at radius 1 is 1.44 bits per heavy atom. The van der Waals surface area contributed by atoms with E-state index in [1.165, 1.54) is 18.2 Å². The highest BCUT2D eigenvalue weighted by atomic mass is 35.5. The van der Waals surface area contributed by atoms with Crippen LogP contribution >= 0.6 is 11.6 Å². The van der Waals surface area contributed by atoms with Gasteiger partial charge in [0.2, 0.25) is 0 Å². The number of alkyl halides is 2. The van der Waals surface area contributed by atoms with E-state index in [-0.39, 0.29) is 5.75 Å². The molecule has 7 heteroatoms. The summed E-state index contributed by atoms with van der Waals surface area (Å²) in [5.74, 6) is 0.0259. The van der Waals surface area contributed by atoms with Gasteiger partial charge in [-0.05, 0) is 18.2 Å². The van der Waals surface area contributed by atoms with Crippen molar-refractivity contribution in [2.75, 3.05) is 12.4 Å². The Hall–Kier alpha value is -1.82. The molecule has 96 valence electrons. The Morgan fingerprint density at radius 2 is 2.22 bits per heavy atom. The number of rotatable bonds is 4. The first-order chi connectivity index (χ1) is 8.61. The van der Waals surface area contributed by atoms with Gasteiger partial charge in [-0.2, -0.15) is 13.9 Å². The number of benzene rings is 1. The summed E-state index contributed by atoms with van der Waals surface area (Å²) in [4.78, 5) is 0. The van der Waals surface area contributed by atoms with Gasteiger partial charge in [0, 0.05) is 23.8 Å².